The summed E-state index contributed by atoms with van der Waals surface area (Å²) in [5.41, 5.74) is 0. The molecule has 3 atom stereocenters. The van der Waals surface area contributed by atoms with E-state index in [9.17, 15) is 19.0 Å². The maximum Gasteiger partial charge on any atom is 0.472 e. The lowest BCUT2D eigenvalue weighted by Crippen LogP contribution is -2.47. The molecular weight excluding hydrogens is 1130 g/mol. The van der Waals surface area contributed by atoms with Gasteiger partial charge in [-0.25, -0.2) is 4.57 Å². The summed E-state index contributed by atoms with van der Waals surface area (Å²) in [6.45, 7) is 6.76. The highest BCUT2D eigenvalue weighted by atomic mass is 31.2. The number of amides is 1. The van der Waals surface area contributed by atoms with Crippen molar-refractivity contribution in [2.45, 2.75) is 296 Å². The summed E-state index contributed by atoms with van der Waals surface area (Å²) in [6.07, 6.45) is 99.7. The van der Waals surface area contributed by atoms with Crippen molar-refractivity contribution in [1.82, 2.24) is 5.32 Å². The number of nitrogens with one attached hydrogen (secondary N) is 1. The van der Waals surface area contributed by atoms with E-state index in [0.29, 0.717) is 17.4 Å². The third kappa shape index (κ3) is 68.0. The number of phosphoric ester groups is 1. The largest absolute Gasteiger partial charge is 0.472 e. The third-order valence-corrected chi connectivity index (χ3v) is 16.2. The summed E-state index contributed by atoms with van der Waals surface area (Å²) in [5.74, 6) is -0.540. The predicted molar refractivity (Wildman–Crippen MR) is 392 cm³/mol. The Morgan fingerprint density at radius 2 is 0.711 bits per heavy atom. The van der Waals surface area contributed by atoms with Crippen LogP contribution in [0.5, 0.6) is 0 Å². The molecule has 0 aliphatic carbocycles. The Morgan fingerprint density at radius 1 is 0.400 bits per heavy atom. The molecule has 2 N–H and O–H groups in total. The molecule has 0 aliphatic heterocycles. The van der Waals surface area contributed by atoms with Crippen molar-refractivity contribution in [3.63, 3.8) is 0 Å². The van der Waals surface area contributed by atoms with Gasteiger partial charge in [-0.2, -0.15) is 0 Å². The summed E-state index contributed by atoms with van der Waals surface area (Å²) >= 11 is 0. The molecule has 9 nitrogen and oxygen atoms in total. The number of unbranched alkanes of at least 4 members (excludes halogenated alkanes) is 24. The number of nitrogens with zero attached hydrogens (tertiary/aromatic N) is 1. The molecule has 0 rings (SSSR count). The molecule has 3 unspecified atom stereocenters. The lowest BCUT2D eigenvalue weighted by atomic mass is 10.0. The van der Waals surface area contributed by atoms with E-state index in [2.05, 4.69) is 172 Å². The van der Waals surface area contributed by atoms with E-state index in [-0.39, 0.29) is 31.5 Å². The number of rotatable bonds is 64. The Balaban J connectivity index is 5.13. The van der Waals surface area contributed by atoms with Gasteiger partial charge in [-0.15, -0.1) is 0 Å². The lowest BCUT2D eigenvalue weighted by Gasteiger charge is -2.27. The normalized spacial score (nSPS) is 14.4. The number of hydrogen-bond acceptors (Lipinski definition) is 6. The van der Waals surface area contributed by atoms with Crippen LogP contribution in [0.3, 0.4) is 0 Å². The molecule has 10 heteroatoms. The lowest BCUT2D eigenvalue weighted by molar-refractivity contribution is -0.870. The van der Waals surface area contributed by atoms with E-state index < -0.39 is 20.0 Å². The van der Waals surface area contributed by atoms with E-state index in [4.69, 9.17) is 13.8 Å². The molecule has 0 aromatic heterocycles. The number of allylic oxidation sites excluding steroid dienone is 25. The van der Waals surface area contributed by atoms with Gasteiger partial charge in [0.25, 0.3) is 0 Å². The van der Waals surface area contributed by atoms with Gasteiger partial charge in [0, 0.05) is 12.8 Å². The predicted octanol–water partition coefficient (Wildman–Crippen LogP) is 23.5. The second-order valence-corrected chi connectivity index (χ2v) is 26.4. The molecule has 1 amide bonds. The molecule has 0 spiro atoms. The third-order valence-electron chi connectivity index (χ3n) is 15.2. The zero-order valence-corrected chi connectivity index (χ0v) is 59.5. The van der Waals surface area contributed by atoms with Crippen LogP contribution in [0.15, 0.2) is 158 Å². The van der Waals surface area contributed by atoms with Gasteiger partial charge in [-0.05, 0) is 134 Å². The number of carbonyl (C=O) groups excluding carboxylic acids is 2. The SMILES string of the molecule is CC/C=C\C/C=C\C/C=C\C/C=C\C/C=C\C/C=C\CCCCCCCCCCC(=O)OC(/C=C/CCCCCCCCCCCC)C(COP(=O)(O)OCC[N+](C)(C)C)NC(=O)CCCCCCCC/C=C\C/C=C\C/C=C\C/C=C\C/C=C\C/C=C\CC. The van der Waals surface area contributed by atoms with Crippen molar-refractivity contribution in [2.75, 3.05) is 40.9 Å². The number of hydrogen-bond donors (Lipinski definition) is 2. The maximum atomic E-state index is 13.6. The van der Waals surface area contributed by atoms with Crippen LogP contribution in [0, 0.1) is 0 Å². The monoisotopic (exact) mass is 1270 g/mol. The fourth-order valence-electron chi connectivity index (χ4n) is 9.71. The number of carbonyl (C=O) groups is 2. The zero-order chi connectivity index (χ0) is 65.6. The van der Waals surface area contributed by atoms with Crippen LogP contribution in [-0.2, 0) is 27.9 Å². The zero-order valence-electron chi connectivity index (χ0n) is 58.6. The first kappa shape index (κ1) is 85.6. The van der Waals surface area contributed by atoms with Gasteiger partial charge in [0.15, 0.2) is 0 Å². The molecule has 90 heavy (non-hydrogen) atoms. The van der Waals surface area contributed by atoms with Crippen LogP contribution in [0.1, 0.15) is 284 Å². The minimum atomic E-state index is -4.47. The molecule has 0 bridgehead atoms. The Bertz CT molecular complexity index is 2100. The molecular formula is C80H136N2O7P+. The van der Waals surface area contributed by atoms with Crippen molar-refractivity contribution < 1.29 is 37.3 Å². The van der Waals surface area contributed by atoms with Crippen LogP contribution < -0.4 is 5.32 Å². The van der Waals surface area contributed by atoms with Crippen molar-refractivity contribution in [2.24, 2.45) is 0 Å². The second kappa shape index (κ2) is 67.5. The molecule has 0 heterocycles. The molecule has 0 aliphatic rings. The first-order valence-corrected chi connectivity index (χ1v) is 37.8. The first-order chi connectivity index (χ1) is 43.9. The Kier molecular flexibility index (Phi) is 64.2. The standard InChI is InChI=1S/C80H135N2O7P/c1-7-10-13-16-19-22-25-28-30-32-34-36-38-40-41-43-45-47-49-51-53-55-58-61-64-67-70-73-80(84)89-78(71-68-65-62-59-56-27-24-21-18-15-12-9-3)77(76-88-90(85,86)87-75-74-82(4,5)6)81-79(83)72-69-66-63-60-57-54-52-50-48-46-44-42-39-37-35-33-31-29-26-23-20-17-14-11-8-2/h10-11,13-14,19-20,22-23,28-31,34-37,40-42,44-45,47-48,50,68,71,77-78H,7-9,12,15-18,21,24-27,32-33,38-39,43,46,49,51-67,69-70,72-76H2,1-6H3,(H-,81,83,85,86)/p+1/b13-10-,14-11-,22-19-,23-20-,30-28-,31-29-,36-34-,37-35-,41-40-,44-42-,47-45-,50-48-,71-68+. The number of likely N-dealkylation sites (N-methyl/N-ethyl adjacent to an activating group) is 1. The Labute approximate surface area is 554 Å². The quantitative estimate of drug-likeness (QED) is 0.0205. The molecule has 0 aromatic carbocycles. The minimum absolute atomic E-state index is 0.0268. The number of phosphoric acid groups is 1. The van der Waals surface area contributed by atoms with E-state index in [0.717, 1.165) is 173 Å². The summed E-state index contributed by atoms with van der Waals surface area (Å²) in [7, 11) is 1.46. The molecule has 0 fully saturated rings. The highest BCUT2D eigenvalue weighted by Gasteiger charge is 2.30. The number of quaternary nitrogens is 1. The van der Waals surface area contributed by atoms with E-state index in [1.54, 1.807) is 0 Å². The topological polar surface area (TPSA) is 111 Å². The number of esters is 1. The van der Waals surface area contributed by atoms with Crippen LogP contribution >= 0.6 is 7.82 Å². The van der Waals surface area contributed by atoms with Crippen LogP contribution in [-0.4, -0.2) is 74.3 Å². The van der Waals surface area contributed by atoms with E-state index in [1.807, 2.05) is 33.3 Å². The van der Waals surface area contributed by atoms with Crippen molar-refractivity contribution in [3.05, 3.63) is 158 Å². The van der Waals surface area contributed by atoms with Gasteiger partial charge in [0.1, 0.15) is 19.3 Å². The molecule has 512 valence electrons. The van der Waals surface area contributed by atoms with Crippen molar-refractivity contribution in [3.8, 4) is 0 Å². The van der Waals surface area contributed by atoms with Crippen LogP contribution in [0.4, 0.5) is 0 Å². The average molecular weight is 1270 g/mol. The van der Waals surface area contributed by atoms with Gasteiger partial charge in [-0.1, -0.05) is 295 Å². The van der Waals surface area contributed by atoms with Gasteiger partial charge in [0.05, 0.1) is 33.8 Å². The summed E-state index contributed by atoms with van der Waals surface area (Å²) in [4.78, 5) is 38.0. The minimum Gasteiger partial charge on any atom is -0.456 e. The van der Waals surface area contributed by atoms with Crippen LogP contribution in [0.25, 0.3) is 0 Å². The highest BCUT2D eigenvalue weighted by Crippen LogP contribution is 2.43. The Morgan fingerprint density at radius 3 is 1.07 bits per heavy atom. The highest BCUT2D eigenvalue weighted by molar-refractivity contribution is 7.47. The Hall–Kier alpha value is -4.37. The van der Waals surface area contributed by atoms with Gasteiger partial charge >= 0.3 is 13.8 Å². The summed E-state index contributed by atoms with van der Waals surface area (Å²) in [6, 6.07) is -0.874. The van der Waals surface area contributed by atoms with Crippen molar-refractivity contribution >= 4 is 19.7 Å². The maximum absolute atomic E-state index is 13.6. The molecule has 0 saturated carbocycles. The fraction of sp³-hybridized carbons (Fsp3) is 0.650. The van der Waals surface area contributed by atoms with Gasteiger partial charge < -0.3 is 19.4 Å². The molecule has 0 saturated heterocycles. The van der Waals surface area contributed by atoms with Gasteiger partial charge in [0.2, 0.25) is 5.91 Å². The second-order valence-electron chi connectivity index (χ2n) is 25.0. The summed E-state index contributed by atoms with van der Waals surface area (Å²) < 4.78 is 30.8. The fourth-order valence-corrected chi connectivity index (χ4v) is 10.4. The number of ether oxygens (including phenoxy) is 1. The summed E-state index contributed by atoms with van der Waals surface area (Å²) in [5, 5.41) is 3.06. The van der Waals surface area contributed by atoms with E-state index in [1.165, 1.54) is 77.0 Å². The van der Waals surface area contributed by atoms with E-state index >= 15 is 0 Å². The van der Waals surface area contributed by atoms with Crippen LogP contribution in [0.2, 0.25) is 0 Å². The van der Waals surface area contributed by atoms with Gasteiger partial charge in [-0.3, -0.25) is 18.6 Å². The van der Waals surface area contributed by atoms with Crippen molar-refractivity contribution in [1.29, 1.82) is 0 Å². The molecule has 0 radical (unpaired) electrons. The first-order valence-electron chi connectivity index (χ1n) is 36.3. The smallest absolute Gasteiger partial charge is 0.456 e. The average Bonchev–Trinajstić information content (AvgIpc) is 3.12. The molecule has 0 aromatic rings.